The van der Waals surface area contributed by atoms with Gasteiger partial charge in [0, 0.05) is 20.8 Å². The van der Waals surface area contributed by atoms with Crippen LogP contribution in [0.25, 0.3) is 0 Å². The van der Waals surface area contributed by atoms with Gasteiger partial charge in [-0.05, 0) is 0 Å². The molecule has 0 aromatic rings. The van der Waals surface area contributed by atoms with Crippen molar-refractivity contribution in [1.82, 2.24) is 0 Å². The Bertz CT molecular complexity index is 214. The standard InChI is InChI=1S/Al.Cs.2H2O4S.H2O/c;;2*1-5(2,3)4;/h;;2*(H2,1,2,3,4);1H2/q+3;+1;;;/p-4. The first-order chi connectivity index (χ1) is 4.00. The summed E-state index contributed by atoms with van der Waals surface area (Å²) >= 11 is 0. The number of hydrogen-bond donors (Lipinski definition) is 0. The van der Waals surface area contributed by atoms with E-state index in [2.05, 4.69) is 0 Å². The molecule has 0 spiro atoms. The fourth-order valence-corrected chi connectivity index (χ4v) is 0. The van der Waals surface area contributed by atoms with E-state index in [0.717, 1.165) is 0 Å². The van der Waals surface area contributed by atoms with Crippen LogP contribution in [-0.4, -0.2) is 57.9 Å². The van der Waals surface area contributed by atoms with Gasteiger partial charge in [-0.15, -0.1) is 0 Å². The van der Waals surface area contributed by atoms with Gasteiger partial charge in [-0.2, -0.15) is 0 Å². The molecule has 13 heteroatoms. The first-order valence-corrected chi connectivity index (χ1v) is 4.00. The molecule has 0 atom stereocenters. The van der Waals surface area contributed by atoms with Gasteiger partial charge in [0.05, 0.1) is 0 Å². The van der Waals surface area contributed by atoms with Gasteiger partial charge in [0.2, 0.25) is 0 Å². The normalized spacial score (nSPS) is 8.92. The Balaban J connectivity index is -0.0000000267. The second kappa shape index (κ2) is 12.4. The van der Waals surface area contributed by atoms with Gasteiger partial charge in [0.25, 0.3) is 0 Å². The summed E-state index contributed by atoms with van der Waals surface area (Å²) in [5, 5.41) is 0. The average Bonchev–Trinajstić information content (AvgIpc) is 1.12. The molecule has 0 aromatic heterocycles. The van der Waals surface area contributed by atoms with E-state index in [9.17, 15) is 0 Å². The molecule has 0 fully saturated rings. The van der Waals surface area contributed by atoms with Gasteiger partial charge in [-0.1, -0.05) is 0 Å². The molecule has 0 heterocycles. The quantitative estimate of drug-likeness (QED) is 0.228. The van der Waals surface area contributed by atoms with E-state index in [1.54, 1.807) is 0 Å². The van der Waals surface area contributed by atoms with Gasteiger partial charge >= 0.3 is 86.3 Å². The van der Waals surface area contributed by atoms with Crippen LogP contribution in [0.3, 0.4) is 0 Å². The zero-order valence-corrected chi connectivity index (χ0v) is 15.2. The average molecular weight is 370 g/mol. The Hall–Kier alpha value is 2.28. The molecule has 0 aliphatic carbocycles. The predicted octanol–water partition coefficient (Wildman–Crippen LogP) is -6.88. The van der Waals surface area contributed by atoms with Crippen molar-refractivity contribution in [3.05, 3.63) is 0 Å². The minimum absolute atomic E-state index is 0. The maximum absolute atomic E-state index is 8.52. The first-order valence-electron chi connectivity index (χ1n) is 1.33. The Morgan fingerprint density at radius 2 is 0.692 bits per heavy atom. The van der Waals surface area contributed by atoms with Crippen LogP contribution in [-0.2, 0) is 20.8 Å². The van der Waals surface area contributed by atoms with Crippen LogP contribution in [0.2, 0.25) is 0 Å². The molecule has 0 aliphatic heterocycles. The molecule has 0 aliphatic rings. The van der Waals surface area contributed by atoms with E-state index in [4.69, 9.17) is 35.0 Å². The monoisotopic (exact) mass is 370 g/mol. The Morgan fingerprint density at radius 3 is 0.692 bits per heavy atom. The minimum atomic E-state index is -5.17. The number of hydrogen-bond acceptors (Lipinski definition) is 8. The van der Waals surface area contributed by atoms with Crippen molar-refractivity contribution in [2.45, 2.75) is 0 Å². The fourth-order valence-electron chi connectivity index (χ4n) is 0. The van der Waals surface area contributed by atoms with E-state index in [0.29, 0.717) is 0 Å². The van der Waals surface area contributed by atoms with Crippen LogP contribution in [0.5, 0.6) is 0 Å². The third-order valence-corrected chi connectivity index (χ3v) is 0. The van der Waals surface area contributed by atoms with E-state index in [1.807, 2.05) is 0 Å². The molecule has 0 amide bonds. The van der Waals surface area contributed by atoms with Crippen LogP contribution >= 0.6 is 0 Å². The zero-order chi connectivity index (χ0) is 9.00. The van der Waals surface area contributed by atoms with E-state index in [1.165, 1.54) is 0 Å². The molecule has 0 aromatic carbocycles. The summed E-state index contributed by atoms with van der Waals surface area (Å²) in [5.41, 5.74) is 0. The molecule has 0 unspecified atom stereocenters. The van der Waals surface area contributed by atoms with Crippen LogP contribution < -0.4 is 68.9 Å². The van der Waals surface area contributed by atoms with Gasteiger partial charge < -0.3 is 23.7 Å². The van der Waals surface area contributed by atoms with Crippen molar-refractivity contribution >= 4 is 38.2 Å². The second-order valence-electron chi connectivity index (χ2n) is 0.816. The van der Waals surface area contributed by atoms with E-state index >= 15 is 0 Å². The molecule has 0 rings (SSSR count). The van der Waals surface area contributed by atoms with Crippen molar-refractivity contribution in [3.63, 3.8) is 0 Å². The maximum atomic E-state index is 8.52. The molecule has 9 nitrogen and oxygen atoms in total. The summed E-state index contributed by atoms with van der Waals surface area (Å²) in [4.78, 5) is 0. The molecule has 2 N–H and O–H groups in total. The largest absolute Gasteiger partial charge is 3.00 e. The molecule has 0 bridgehead atoms. The summed E-state index contributed by atoms with van der Waals surface area (Å²) in [7, 11) is -10.3. The maximum Gasteiger partial charge on any atom is 3.00 e. The smallest absolute Gasteiger partial charge is 0.759 e. The van der Waals surface area contributed by atoms with Gasteiger partial charge in [-0.3, -0.25) is 16.8 Å². The minimum Gasteiger partial charge on any atom is -0.759 e. The topological polar surface area (TPSA) is 192 Å². The van der Waals surface area contributed by atoms with Gasteiger partial charge in [0.15, 0.2) is 0 Å². The molecule has 0 radical (unpaired) electrons. The van der Waals surface area contributed by atoms with Crippen LogP contribution in [0.1, 0.15) is 0 Å². The van der Waals surface area contributed by atoms with Crippen LogP contribution in [0.15, 0.2) is 0 Å². The van der Waals surface area contributed by atoms with Gasteiger partial charge in [0.1, 0.15) is 0 Å². The van der Waals surface area contributed by atoms with Gasteiger partial charge in [-0.25, -0.2) is 0 Å². The van der Waals surface area contributed by atoms with Crippen molar-refractivity contribution in [3.8, 4) is 0 Å². The molecule has 72 valence electrons. The van der Waals surface area contributed by atoms with Crippen LogP contribution in [0, 0.1) is 0 Å². The zero-order valence-electron chi connectivity index (χ0n) is 6.16. The van der Waals surface area contributed by atoms with Crippen LogP contribution in [0.4, 0.5) is 0 Å². The third-order valence-electron chi connectivity index (χ3n) is 0. The summed E-state index contributed by atoms with van der Waals surface area (Å²) < 4.78 is 68.2. The molecular formula is H2AlCsO9S2. The molecule has 0 saturated carbocycles. The Morgan fingerprint density at radius 1 is 0.692 bits per heavy atom. The summed E-state index contributed by atoms with van der Waals surface area (Å²) in [6.07, 6.45) is 0. The van der Waals surface area contributed by atoms with Crippen molar-refractivity contribution in [1.29, 1.82) is 0 Å². The fraction of sp³-hybridized carbons (Fsp3) is 0. The molecule has 0 saturated heterocycles. The SMILES string of the molecule is O.O=S(=O)([O-])[O-].O=S(=O)([O-])[O-].[Al+3].[Cs+]. The third kappa shape index (κ3) is 413. The number of rotatable bonds is 0. The Kier molecular flexibility index (Phi) is 28.0. The second-order valence-corrected chi connectivity index (χ2v) is 2.45. The molecular weight excluding hydrogens is 368 g/mol. The first kappa shape index (κ1) is 29.5. The Labute approximate surface area is 144 Å². The van der Waals surface area contributed by atoms with Crippen molar-refractivity contribution in [2.75, 3.05) is 0 Å². The van der Waals surface area contributed by atoms with E-state index < -0.39 is 20.8 Å². The summed E-state index contributed by atoms with van der Waals surface area (Å²) in [5.74, 6) is 0. The molecule has 13 heavy (non-hydrogen) atoms. The van der Waals surface area contributed by atoms with Crippen molar-refractivity contribution in [2.24, 2.45) is 0 Å². The summed E-state index contributed by atoms with van der Waals surface area (Å²) in [6, 6.07) is 0. The van der Waals surface area contributed by atoms with E-state index in [-0.39, 0.29) is 91.7 Å². The van der Waals surface area contributed by atoms with Crippen molar-refractivity contribution < 1.29 is 109 Å². The predicted molar refractivity (Wildman–Crippen MR) is 30.3 cm³/mol. The summed E-state index contributed by atoms with van der Waals surface area (Å²) in [6.45, 7) is 0.